The van der Waals surface area contributed by atoms with E-state index in [1.165, 1.54) is 0 Å². The summed E-state index contributed by atoms with van der Waals surface area (Å²) in [5.41, 5.74) is 2.20. The second kappa shape index (κ2) is 7.92. The maximum Gasteiger partial charge on any atom is 0.238 e. The van der Waals surface area contributed by atoms with Crippen molar-refractivity contribution >= 4 is 17.5 Å². The molecule has 5 atom stereocenters. The zero-order valence-corrected chi connectivity index (χ0v) is 17.2. The van der Waals surface area contributed by atoms with Gasteiger partial charge in [-0.3, -0.25) is 9.59 Å². The van der Waals surface area contributed by atoms with Crippen LogP contribution < -0.4 is 15.5 Å². The number of amides is 2. The number of hydrogen-bond donors (Lipinski definition) is 2. The van der Waals surface area contributed by atoms with Gasteiger partial charge in [0.2, 0.25) is 11.8 Å². The van der Waals surface area contributed by atoms with Gasteiger partial charge in [0.1, 0.15) is 6.04 Å². The third-order valence-electron chi connectivity index (χ3n) is 7.35. The number of nitrogens with zero attached hydrogens (tertiary/aromatic N) is 3. The lowest BCUT2D eigenvalue weighted by Crippen LogP contribution is -2.51. The van der Waals surface area contributed by atoms with Gasteiger partial charge in [0.05, 0.1) is 12.1 Å². The van der Waals surface area contributed by atoms with E-state index in [-0.39, 0.29) is 14.8 Å². The molecule has 2 N–H and O–H groups in total. The monoisotopic (exact) mass is 411 g/mol. The minimum Gasteiger partial charge on any atom is -0.368 e. The molecule has 7 nitrogen and oxygen atoms in total. The highest BCUT2D eigenvalue weighted by molar-refractivity contribution is 5.83. The van der Waals surface area contributed by atoms with Gasteiger partial charge in [-0.1, -0.05) is 12.1 Å². The van der Waals surface area contributed by atoms with Gasteiger partial charge in [-0.15, -0.1) is 0 Å². The minimum absolute atomic E-state index is 0. The number of piperazine rings is 1. The molecule has 5 rings (SSSR count). The van der Waals surface area contributed by atoms with Crippen LogP contribution in [0, 0.1) is 17.2 Å². The van der Waals surface area contributed by atoms with Crippen LogP contribution in [0.4, 0.5) is 5.69 Å². The number of carbonyl (C=O) groups excluding carboxylic acids is 2. The van der Waals surface area contributed by atoms with Gasteiger partial charge in [0, 0.05) is 53.1 Å². The fourth-order valence-corrected chi connectivity index (χ4v) is 5.72. The molecule has 2 amide bonds. The SMILES string of the molecule is N#C[C@H](Cc1ccc(N2CCN3C(=O)CCC3C2)cc1)NC(=O)[C@H]1NC2CC[C@H]1C2.[HH].[HH]. The standard InChI is InChI=1S/C23H29N5O2.2H2/c24-13-18(26-23(30)22-16-3-4-17(12-16)25-22)11-15-1-5-19(6-2-15)27-9-10-28-20(14-27)7-8-21(28)29;;/h1-2,5-6,16-18,20,22,25H,3-4,7-12,14H2,(H,26,30);2*1H/t16-,17?,18-,20?,22-;;/m0../s1. The molecule has 1 aromatic rings. The Morgan fingerprint density at radius 2 is 2.10 bits per heavy atom. The average Bonchev–Trinajstić information content (AvgIpc) is 3.50. The van der Waals surface area contributed by atoms with Gasteiger partial charge in [0.15, 0.2) is 0 Å². The van der Waals surface area contributed by atoms with E-state index in [1.54, 1.807) is 0 Å². The predicted octanol–water partition coefficient (Wildman–Crippen LogP) is 1.68. The van der Waals surface area contributed by atoms with Crippen molar-refractivity contribution in [3.05, 3.63) is 29.8 Å². The van der Waals surface area contributed by atoms with Crippen LogP contribution >= 0.6 is 0 Å². The summed E-state index contributed by atoms with van der Waals surface area (Å²) in [4.78, 5) is 28.8. The zero-order chi connectivity index (χ0) is 20.7. The third-order valence-corrected chi connectivity index (χ3v) is 7.35. The number of nitriles is 1. The fraction of sp³-hybridized carbons (Fsp3) is 0.609. The van der Waals surface area contributed by atoms with Crippen molar-refractivity contribution in [2.24, 2.45) is 5.92 Å². The zero-order valence-electron chi connectivity index (χ0n) is 17.2. The van der Waals surface area contributed by atoms with E-state index in [0.29, 0.717) is 36.8 Å². The van der Waals surface area contributed by atoms with Gasteiger partial charge in [-0.25, -0.2) is 0 Å². The molecule has 3 saturated heterocycles. The number of carbonyl (C=O) groups is 2. The van der Waals surface area contributed by atoms with Gasteiger partial charge in [0.25, 0.3) is 0 Å². The molecule has 4 fully saturated rings. The molecule has 0 aromatic heterocycles. The Balaban J connectivity index is 0.00000144. The lowest BCUT2D eigenvalue weighted by atomic mass is 9.98. The smallest absolute Gasteiger partial charge is 0.238 e. The van der Waals surface area contributed by atoms with Crippen LogP contribution in [0.25, 0.3) is 0 Å². The Kier molecular flexibility index (Phi) is 5.11. The van der Waals surface area contributed by atoms with E-state index in [2.05, 4.69) is 33.7 Å². The molecule has 4 aliphatic rings. The topological polar surface area (TPSA) is 88.5 Å². The van der Waals surface area contributed by atoms with Gasteiger partial charge in [-0.05, 0) is 49.3 Å². The average molecular weight is 412 g/mol. The molecule has 162 valence electrons. The lowest BCUT2D eigenvalue weighted by Gasteiger charge is -2.38. The molecule has 1 saturated carbocycles. The molecule has 3 aliphatic heterocycles. The predicted molar refractivity (Wildman–Crippen MR) is 117 cm³/mol. The van der Waals surface area contributed by atoms with Gasteiger partial charge in [-0.2, -0.15) is 5.26 Å². The maximum absolute atomic E-state index is 12.6. The normalized spacial score (nSPS) is 30.8. The number of fused-ring (bicyclic) bond motifs is 3. The van der Waals surface area contributed by atoms with Gasteiger partial charge < -0.3 is 20.4 Å². The van der Waals surface area contributed by atoms with E-state index in [4.69, 9.17) is 0 Å². The first-order valence-electron chi connectivity index (χ1n) is 11.2. The van der Waals surface area contributed by atoms with Crippen molar-refractivity contribution in [3.8, 4) is 6.07 Å². The molecule has 7 heteroatoms. The van der Waals surface area contributed by atoms with Crippen LogP contribution in [0.1, 0.15) is 40.5 Å². The summed E-state index contributed by atoms with van der Waals surface area (Å²) in [6.07, 6.45) is 5.49. The second-order valence-electron chi connectivity index (χ2n) is 9.20. The van der Waals surface area contributed by atoms with E-state index in [0.717, 1.165) is 56.6 Å². The first-order valence-corrected chi connectivity index (χ1v) is 11.2. The summed E-state index contributed by atoms with van der Waals surface area (Å²) in [5.74, 6) is 0.679. The van der Waals surface area contributed by atoms with Crippen molar-refractivity contribution in [1.29, 1.82) is 5.26 Å². The van der Waals surface area contributed by atoms with Crippen LogP contribution in [-0.2, 0) is 16.0 Å². The highest BCUT2D eigenvalue weighted by Crippen LogP contribution is 2.35. The van der Waals surface area contributed by atoms with Crippen LogP contribution in [0.3, 0.4) is 0 Å². The quantitative estimate of drug-likeness (QED) is 0.770. The highest BCUT2D eigenvalue weighted by Gasteiger charge is 2.43. The Morgan fingerprint density at radius 1 is 1.27 bits per heavy atom. The summed E-state index contributed by atoms with van der Waals surface area (Å²) >= 11 is 0. The van der Waals surface area contributed by atoms with E-state index < -0.39 is 6.04 Å². The van der Waals surface area contributed by atoms with Crippen LogP contribution in [0.15, 0.2) is 24.3 Å². The number of rotatable bonds is 5. The molecule has 3 heterocycles. The summed E-state index contributed by atoms with van der Waals surface area (Å²) < 4.78 is 0. The van der Waals surface area contributed by atoms with Crippen LogP contribution in [0.5, 0.6) is 0 Å². The molecular formula is C23H33N5O2. The molecular weight excluding hydrogens is 378 g/mol. The number of anilines is 1. The van der Waals surface area contributed by atoms with Crippen molar-refractivity contribution in [3.63, 3.8) is 0 Å². The molecule has 2 bridgehead atoms. The number of piperidine rings is 1. The van der Waals surface area contributed by atoms with E-state index in [1.807, 2.05) is 17.0 Å². The first-order chi connectivity index (χ1) is 14.6. The third kappa shape index (κ3) is 3.65. The van der Waals surface area contributed by atoms with E-state index in [9.17, 15) is 14.9 Å². The van der Waals surface area contributed by atoms with Gasteiger partial charge >= 0.3 is 0 Å². The lowest BCUT2D eigenvalue weighted by molar-refractivity contribution is -0.129. The molecule has 2 unspecified atom stereocenters. The molecule has 1 aromatic carbocycles. The minimum atomic E-state index is -0.516. The molecule has 0 spiro atoms. The first kappa shape index (κ1) is 19.4. The fourth-order valence-electron chi connectivity index (χ4n) is 5.72. The summed E-state index contributed by atoms with van der Waals surface area (Å²) in [6.45, 7) is 2.54. The van der Waals surface area contributed by atoms with Crippen molar-refractivity contribution in [2.75, 3.05) is 24.5 Å². The number of benzene rings is 1. The van der Waals surface area contributed by atoms with E-state index >= 15 is 0 Å². The highest BCUT2D eigenvalue weighted by atomic mass is 16.2. The van der Waals surface area contributed by atoms with Crippen molar-refractivity contribution in [2.45, 2.75) is 62.7 Å². The molecule has 30 heavy (non-hydrogen) atoms. The Hall–Kier alpha value is -2.59. The summed E-state index contributed by atoms with van der Waals surface area (Å²) in [6, 6.07) is 10.7. The number of nitrogens with one attached hydrogen (secondary N) is 2. The van der Waals surface area contributed by atoms with Crippen LogP contribution in [0.2, 0.25) is 0 Å². The van der Waals surface area contributed by atoms with Crippen molar-refractivity contribution in [1.82, 2.24) is 15.5 Å². The number of hydrogen-bond acceptors (Lipinski definition) is 5. The van der Waals surface area contributed by atoms with Crippen molar-refractivity contribution < 1.29 is 12.4 Å². The van der Waals surface area contributed by atoms with Crippen LogP contribution in [-0.4, -0.2) is 60.5 Å². The molecule has 1 aliphatic carbocycles. The summed E-state index contributed by atoms with van der Waals surface area (Å²) in [5, 5.41) is 15.9. The Labute approximate surface area is 180 Å². The summed E-state index contributed by atoms with van der Waals surface area (Å²) in [7, 11) is 0. The Bertz CT molecular complexity index is 874. The largest absolute Gasteiger partial charge is 0.368 e. The molecule has 0 radical (unpaired) electrons. The second-order valence-corrected chi connectivity index (χ2v) is 9.20. The Morgan fingerprint density at radius 3 is 2.80 bits per heavy atom. The maximum atomic E-state index is 12.6.